The van der Waals surface area contributed by atoms with Gasteiger partial charge in [0.2, 0.25) is 0 Å². The highest BCUT2D eigenvalue weighted by Crippen LogP contribution is 2.24. The molecule has 0 saturated carbocycles. The average molecular weight is 303 g/mol. The van der Waals surface area contributed by atoms with E-state index in [0.29, 0.717) is 17.8 Å². The van der Waals surface area contributed by atoms with Gasteiger partial charge in [-0.1, -0.05) is 0 Å². The molecule has 1 aromatic heterocycles. The second kappa shape index (κ2) is 6.01. The molecule has 1 aromatic carbocycles. The van der Waals surface area contributed by atoms with E-state index < -0.39 is 11.6 Å². The molecule has 0 atom stereocenters. The molecule has 0 aliphatic carbocycles. The molecule has 2 aromatic rings. The van der Waals surface area contributed by atoms with E-state index in [9.17, 15) is 9.18 Å². The van der Waals surface area contributed by atoms with Gasteiger partial charge in [0, 0.05) is 23.0 Å². The summed E-state index contributed by atoms with van der Waals surface area (Å²) in [6.07, 6.45) is 0.959. The maximum Gasteiger partial charge on any atom is 0.405 e. The molecule has 0 unspecified atom stereocenters. The molecule has 0 aliphatic heterocycles. The fraction of sp³-hybridized carbons (Fsp3) is 0.250. The Bertz CT molecular complexity index is 684. The maximum atomic E-state index is 12.9. The summed E-state index contributed by atoms with van der Waals surface area (Å²) in [6, 6.07) is 7.70. The lowest BCUT2D eigenvalue weighted by atomic mass is 9.94. The van der Waals surface area contributed by atoms with Crippen molar-refractivity contribution in [2.24, 2.45) is 0 Å². The number of nitrogens with zero attached hydrogens (tertiary/aromatic N) is 1. The lowest BCUT2D eigenvalue weighted by Gasteiger charge is -2.25. The Hall–Kier alpha value is -2.63. The maximum absolute atomic E-state index is 12.9. The van der Waals surface area contributed by atoms with Crippen LogP contribution >= 0.6 is 0 Å². The molecule has 0 aliphatic rings. The summed E-state index contributed by atoms with van der Waals surface area (Å²) in [6.45, 7) is 3.54. The van der Waals surface area contributed by atoms with Gasteiger partial charge < -0.3 is 16.2 Å². The molecule has 0 spiro atoms. The Labute approximate surface area is 128 Å². The number of pyridine rings is 1. The molecule has 4 N–H and O–H groups in total. The third kappa shape index (κ3) is 3.94. The van der Waals surface area contributed by atoms with Crippen LogP contribution in [0.5, 0.6) is 0 Å². The summed E-state index contributed by atoms with van der Waals surface area (Å²) >= 11 is 0. The zero-order valence-electron chi connectivity index (χ0n) is 12.4. The van der Waals surface area contributed by atoms with Gasteiger partial charge in [0.1, 0.15) is 5.82 Å². The van der Waals surface area contributed by atoms with Crippen molar-refractivity contribution in [1.82, 2.24) is 10.3 Å². The van der Waals surface area contributed by atoms with E-state index >= 15 is 0 Å². The molecule has 1 heterocycles. The summed E-state index contributed by atoms with van der Waals surface area (Å²) in [5.74, 6) is -0.310. The van der Waals surface area contributed by atoms with Gasteiger partial charge >= 0.3 is 6.09 Å². The number of hydrogen-bond donors (Lipinski definition) is 3. The Morgan fingerprint density at radius 2 is 2.00 bits per heavy atom. The number of carbonyl (C=O) groups is 1. The number of anilines is 1. The van der Waals surface area contributed by atoms with Gasteiger partial charge in [-0.3, -0.25) is 4.98 Å². The molecule has 116 valence electrons. The Morgan fingerprint density at radius 1 is 1.36 bits per heavy atom. The van der Waals surface area contributed by atoms with Crippen LogP contribution in [0.4, 0.5) is 14.9 Å². The van der Waals surface area contributed by atoms with Crippen molar-refractivity contribution in [1.29, 1.82) is 0 Å². The van der Waals surface area contributed by atoms with Crippen LogP contribution in [0.25, 0.3) is 11.3 Å². The van der Waals surface area contributed by atoms with Gasteiger partial charge in [0.05, 0.1) is 5.69 Å². The molecular formula is C16H18FN3O2. The minimum atomic E-state index is -1.08. The highest BCUT2D eigenvalue weighted by Gasteiger charge is 2.22. The molecule has 0 bridgehead atoms. The second-order valence-corrected chi connectivity index (χ2v) is 5.77. The van der Waals surface area contributed by atoms with E-state index in [1.807, 2.05) is 0 Å². The first kappa shape index (κ1) is 15.8. The first-order valence-electron chi connectivity index (χ1n) is 6.78. The number of nitrogen functional groups attached to an aromatic ring is 1. The number of halogens is 1. The molecule has 0 saturated heterocycles. The first-order chi connectivity index (χ1) is 10.3. The van der Waals surface area contributed by atoms with Gasteiger partial charge in [-0.15, -0.1) is 0 Å². The smallest absolute Gasteiger partial charge is 0.405 e. The van der Waals surface area contributed by atoms with E-state index in [0.717, 1.165) is 11.1 Å². The van der Waals surface area contributed by atoms with Crippen molar-refractivity contribution in [2.45, 2.75) is 25.8 Å². The van der Waals surface area contributed by atoms with Crippen LogP contribution < -0.4 is 11.1 Å². The highest BCUT2D eigenvalue weighted by molar-refractivity contribution is 5.66. The van der Waals surface area contributed by atoms with Crippen LogP contribution in [0.3, 0.4) is 0 Å². The van der Waals surface area contributed by atoms with Gasteiger partial charge in [-0.05, 0) is 56.2 Å². The number of benzene rings is 1. The van der Waals surface area contributed by atoms with E-state index in [1.54, 1.807) is 38.2 Å². The van der Waals surface area contributed by atoms with Crippen molar-refractivity contribution < 1.29 is 14.3 Å². The van der Waals surface area contributed by atoms with Gasteiger partial charge in [-0.2, -0.15) is 0 Å². The van der Waals surface area contributed by atoms with Gasteiger partial charge in [0.25, 0.3) is 0 Å². The molecule has 1 amide bonds. The largest absolute Gasteiger partial charge is 0.465 e. The number of nitrogens with two attached hydrogens (primary N) is 1. The van der Waals surface area contributed by atoms with Crippen molar-refractivity contribution in [3.63, 3.8) is 0 Å². The minimum Gasteiger partial charge on any atom is -0.465 e. The second-order valence-electron chi connectivity index (χ2n) is 5.77. The lowest BCUT2D eigenvalue weighted by molar-refractivity contribution is 0.182. The SMILES string of the molecule is CC(C)(Cc1cnc(-c2ccc(F)cc2)cc1N)NC(=O)O. The predicted molar refractivity (Wildman–Crippen MR) is 83.0 cm³/mol. The minimum absolute atomic E-state index is 0.310. The molecule has 0 fully saturated rings. The van der Waals surface area contributed by atoms with Crippen molar-refractivity contribution >= 4 is 11.8 Å². The van der Waals surface area contributed by atoms with Crippen LogP contribution in [0.15, 0.2) is 36.5 Å². The van der Waals surface area contributed by atoms with Gasteiger partial charge in [0.15, 0.2) is 0 Å². The third-order valence-electron chi connectivity index (χ3n) is 3.24. The standard InChI is InChI=1S/C16H18FN3O2/c1-16(2,20-15(21)22)8-11-9-19-14(7-13(11)18)10-3-5-12(17)6-4-10/h3-7,9,20H,8H2,1-2H3,(H2,18,19)(H,21,22). The summed E-state index contributed by atoms with van der Waals surface area (Å²) in [5.41, 5.74) is 8.07. The molecule has 2 rings (SSSR count). The highest BCUT2D eigenvalue weighted by atomic mass is 19.1. The van der Waals surface area contributed by atoms with Gasteiger partial charge in [-0.25, -0.2) is 9.18 Å². The average Bonchev–Trinajstić information content (AvgIpc) is 2.40. The third-order valence-corrected chi connectivity index (χ3v) is 3.24. The van der Waals surface area contributed by atoms with Crippen LogP contribution in [0, 0.1) is 5.82 Å². The normalized spacial score (nSPS) is 11.2. The molecule has 22 heavy (non-hydrogen) atoms. The molecular weight excluding hydrogens is 285 g/mol. The Kier molecular flexibility index (Phi) is 4.30. The summed E-state index contributed by atoms with van der Waals surface area (Å²) in [5, 5.41) is 11.3. The van der Waals surface area contributed by atoms with Crippen molar-refractivity contribution in [3.05, 3.63) is 47.9 Å². The number of carboxylic acid groups (broad SMARTS) is 1. The predicted octanol–water partition coefficient (Wildman–Crippen LogP) is 3.06. The Morgan fingerprint density at radius 3 is 2.55 bits per heavy atom. The number of amides is 1. The van der Waals surface area contributed by atoms with E-state index in [2.05, 4.69) is 10.3 Å². The topological polar surface area (TPSA) is 88.2 Å². The molecule has 6 heteroatoms. The van der Waals surface area contributed by atoms with E-state index in [-0.39, 0.29) is 5.82 Å². The van der Waals surface area contributed by atoms with Crippen LogP contribution in [0.1, 0.15) is 19.4 Å². The number of hydrogen-bond acceptors (Lipinski definition) is 3. The Balaban J connectivity index is 2.23. The fourth-order valence-corrected chi connectivity index (χ4v) is 2.24. The van der Waals surface area contributed by atoms with Crippen molar-refractivity contribution in [3.8, 4) is 11.3 Å². The summed E-state index contributed by atoms with van der Waals surface area (Å²) < 4.78 is 12.9. The first-order valence-corrected chi connectivity index (χ1v) is 6.78. The quantitative estimate of drug-likeness (QED) is 0.810. The lowest BCUT2D eigenvalue weighted by Crippen LogP contribution is -2.44. The number of nitrogens with one attached hydrogen (secondary N) is 1. The zero-order chi connectivity index (χ0) is 16.3. The zero-order valence-corrected chi connectivity index (χ0v) is 12.4. The summed E-state index contributed by atoms with van der Waals surface area (Å²) in [7, 11) is 0. The van der Waals surface area contributed by atoms with Crippen LogP contribution in [0.2, 0.25) is 0 Å². The number of rotatable bonds is 4. The summed E-state index contributed by atoms with van der Waals surface area (Å²) in [4.78, 5) is 15.1. The van der Waals surface area contributed by atoms with Crippen LogP contribution in [-0.2, 0) is 6.42 Å². The fourth-order valence-electron chi connectivity index (χ4n) is 2.24. The van der Waals surface area contributed by atoms with E-state index in [4.69, 9.17) is 10.8 Å². The molecule has 5 nitrogen and oxygen atoms in total. The van der Waals surface area contributed by atoms with Crippen LogP contribution in [-0.4, -0.2) is 21.7 Å². The number of aromatic nitrogens is 1. The monoisotopic (exact) mass is 303 g/mol. The van der Waals surface area contributed by atoms with Crippen molar-refractivity contribution in [2.75, 3.05) is 5.73 Å². The van der Waals surface area contributed by atoms with E-state index in [1.165, 1.54) is 12.1 Å². The molecule has 0 radical (unpaired) electrons.